The quantitative estimate of drug-likeness (QED) is 0.918. The average molecular weight is 278 g/mol. The van der Waals surface area contributed by atoms with Crippen molar-refractivity contribution in [1.29, 1.82) is 0 Å². The van der Waals surface area contributed by atoms with Gasteiger partial charge in [-0.15, -0.1) is 0 Å². The summed E-state index contributed by atoms with van der Waals surface area (Å²) >= 11 is 0. The van der Waals surface area contributed by atoms with Crippen molar-refractivity contribution in [2.75, 3.05) is 19.6 Å². The number of amides is 1. The lowest BCUT2D eigenvalue weighted by molar-refractivity contribution is 0.0645. The van der Waals surface area contributed by atoms with Crippen LogP contribution in [-0.2, 0) is 0 Å². The Morgan fingerprint density at radius 2 is 2.10 bits per heavy atom. The molecule has 0 aliphatic carbocycles. The van der Waals surface area contributed by atoms with Crippen molar-refractivity contribution in [2.24, 2.45) is 5.92 Å². The van der Waals surface area contributed by atoms with Crippen molar-refractivity contribution in [2.45, 2.75) is 32.7 Å². The van der Waals surface area contributed by atoms with Crippen molar-refractivity contribution >= 4 is 5.91 Å². The number of halogens is 1. The first-order chi connectivity index (χ1) is 9.61. The fourth-order valence-electron chi connectivity index (χ4n) is 2.74. The van der Waals surface area contributed by atoms with Crippen LogP contribution in [0.4, 0.5) is 4.39 Å². The number of hydrogen-bond donors (Lipinski definition) is 1. The molecule has 1 aliphatic rings. The van der Waals surface area contributed by atoms with Gasteiger partial charge in [-0.1, -0.05) is 13.8 Å². The minimum absolute atomic E-state index is 0.00536. The van der Waals surface area contributed by atoms with Gasteiger partial charge >= 0.3 is 0 Å². The summed E-state index contributed by atoms with van der Waals surface area (Å²) in [6, 6.07) is 6.29. The molecule has 20 heavy (non-hydrogen) atoms. The second-order valence-corrected chi connectivity index (χ2v) is 5.58. The molecule has 0 radical (unpaired) electrons. The molecule has 1 aromatic rings. The Balaban J connectivity index is 1.95. The van der Waals surface area contributed by atoms with E-state index in [1.807, 2.05) is 4.90 Å². The molecule has 2 unspecified atom stereocenters. The van der Waals surface area contributed by atoms with E-state index in [-0.39, 0.29) is 11.7 Å². The van der Waals surface area contributed by atoms with E-state index >= 15 is 0 Å². The molecule has 1 amide bonds. The Hall–Kier alpha value is -1.42. The normalized spacial score (nSPS) is 22.9. The van der Waals surface area contributed by atoms with E-state index in [9.17, 15) is 9.18 Å². The Morgan fingerprint density at radius 3 is 2.70 bits per heavy atom. The summed E-state index contributed by atoms with van der Waals surface area (Å²) in [5, 5.41) is 3.54. The van der Waals surface area contributed by atoms with E-state index < -0.39 is 0 Å². The van der Waals surface area contributed by atoms with Crippen LogP contribution in [0.3, 0.4) is 0 Å². The van der Waals surface area contributed by atoms with Crippen molar-refractivity contribution < 1.29 is 9.18 Å². The van der Waals surface area contributed by atoms with Gasteiger partial charge in [0.05, 0.1) is 0 Å². The van der Waals surface area contributed by atoms with Crippen LogP contribution in [0.5, 0.6) is 0 Å². The summed E-state index contributed by atoms with van der Waals surface area (Å²) in [6.45, 7) is 6.89. The van der Waals surface area contributed by atoms with Gasteiger partial charge in [0.2, 0.25) is 0 Å². The second kappa shape index (κ2) is 6.84. The molecule has 2 rings (SSSR count). The lowest BCUT2D eigenvalue weighted by Crippen LogP contribution is -2.50. The van der Waals surface area contributed by atoms with Gasteiger partial charge in [0.15, 0.2) is 0 Å². The third kappa shape index (κ3) is 3.57. The predicted octanol–water partition coefficient (Wildman–Crippen LogP) is 2.68. The van der Waals surface area contributed by atoms with E-state index in [1.54, 1.807) is 12.1 Å². The van der Waals surface area contributed by atoms with E-state index in [4.69, 9.17) is 0 Å². The van der Waals surface area contributed by atoms with Crippen molar-refractivity contribution in [3.8, 4) is 0 Å². The first-order valence-corrected chi connectivity index (χ1v) is 7.40. The van der Waals surface area contributed by atoms with Gasteiger partial charge in [-0.3, -0.25) is 4.79 Å². The number of carbonyl (C=O) groups is 1. The Morgan fingerprint density at radius 1 is 1.40 bits per heavy atom. The Bertz CT molecular complexity index is 446. The third-order valence-electron chi connectivity index (χ3n) is 3.94. The maximum absolute atomic E-state index is 12.9. The number of nitrogens with one attached hydrogen (secondary N) is 1. The average Bonchev–Trinajstić information content (AvgIpc) is 2.46. The number of benzene rings is 1. The van der Waals surface area contributed by atoms with Crippen LogP contribution < -0.4 is 5.32 Å². The highest BCUT2D eigenvalue weighted by Crippen LogP contribution is 2.19. The van der Waals surface area contributed by atoms with Gasteiger partial charge in [0.25, 0.3) is 5.91 Å². The summed E-state index contributed by atoms with van der Waals surface area (Å²) in [4.78, 5) is 14.2. The SMILES string of the molecule is CCCNC1CCN(C(=O)c2ccc(F)cc2)CC1C. The van der Waals surface area contributed by atoms with Crippen molar-refractivity contribution in [3.05, 3.63) is 35.6 Å². The molecule has 0 bridgehead atoms. The fourth-order valence-corrected chi connectivity index (χ4v) is 2.74. The lowest BCUT2D eigenvalue weighted by atomic mass is 9.93. The minimum atomic E-state index is -0.308. The molecule has 4 heteroatoms. The van der Waals surface area contributed by atoms with Crippen LogP contribution in [0, 0.1) is 11.7 Å². The first kappa shape index (κ1) is 15.0. The summed E-state index contributed by atoms with van der Waals surface area (Å²) in [6.07, 6.45) is 2.11. The van der Waals surface area contributed by atoms with Crippen LogP contribution in [0.2, 0.25) is 0 Å². The minimum Gasteiger partial charge on any atom is -0.338 e. The zero-order valence-corrected chi connectivity index (χ0v) is 12.2. The van der Waals surface area contributed by atoms with Gasteiger partial charge in [-0.2, -0.15) is 0 Å². The molecule has 1 N–H and O–H groups in total. The van der Waals surface area contributed by atoms with Gasteiger partial charge in [-0.05, 0) is 49.6 Å². The Labute approximate surface area is 120 Å². The van der Waals surface area contributed by atoms with E-state index in [1.165, 1.54) is 12.1 Å². The van der Waals surface area contributed by atoms with Crippen LogP contribution in [0.25, 0.3) is 0 Å². The highest BCUT2D eigenvalue weighted by atomic mass is 19.1. The van der Waals surface area contributed by atoms with Gasteiger partial charge in [0, 0.05) is 24.7 Å². The molecule has 0 saturated carbocycles. The number of likely N-dealkylation sites (tertiary alicyclic amines) is 1. The van der Waals surface area contributed by atoms with E-state index in [0.29, 0.717) is 17.5 Å². The smallest absolute Gasteiger partial charge is 0.253 e. The molecule has 0 aromatic heterocycles. The van der Waals surface area contributed by atoms with Crippen LogP contribution in [0.15, 0.2) is 24.3 Å². The van der Waals surface area contributed by atoms with Crippen molar-refractivity contribution in [3.63, 3.8) is 0 Å². The van der Waals surface area contributed by atoms with Crippen LogP contribution in [-0.4, -0.2) is 36.5 Å². The highest BCUT2D eigenvalue weighted by Gasteiger charge is 2.28. The lowest BCUT2D eigenvalue weighted by Gasteiger charge is -2.37. The molecule has 1 fully saturated rings. The molecular weight excluding hydrogens is 255 g/mol. The molecule has 1 saturated heterocycles. The monoisotopic (exact) mass is 278 g/mol. The molecule has 110 valence electrons. The molecule has 1 aliphatic heterocycles. The fraction of sp³-hybridized carbons (Fsp3) is 0.562. The number of piperidine rings is 1. The number of hydrogen-bond acceptors (Lipinski definition) is 2. The predicted molar refractivity (Wildman–Crippen MR) is 78.2 cm³/mol. The molecule has 1 heterocycles. The van der Waals surface area contributed by atoms with Gasteiger partial charge in [0.1, 0.15) is 5.82 Å². The standard InChI is InChI=1S/C16H23FN2O/c1-3-9-18-15-8-10-19(11-12(15)2)16(20)13-4-6-14(17)7-5-13/h4-7,12,15,18H,3,8-11H2,1-2H3. The molecule has 3 nitrogen and oxygen atoms in total. The first-order valence-electron chi connectivity index (χ1n) is 7.40. The maximum atomic E-state index is 12.9. The largest absolute Gasteiger partial charge is 0.338 e. The van der Waals surface area contributed by atoms with Gasteiger partial charge < -0.3 is 10.2 Å². The van der Waals surface area contributed by atoms with Gasteiger partial charge in [-0.25, -0.2) is 4.39 Å². The molecule has 0 spiro atoms. The van der Waals surface area contributed by atoms with Crippen molar-refractivity contribution in [1.82, 2.24) is 10.2 Å². The zero-order valence-electron chi connectivity index (χ0n) is 12.2. The van der Waals surface area contributed by atoms with E-state index in [2.05, 4.69) is 19.2 Å². The summed E-state index contributed by atoms with van der Waals surface area (Å²) in [7, 11) is 0. The Kier molecular flexibility index (Phi) is 5.12. The highest BCUT2D eigenvalue weighted by molar-refractivity contribution is 5.94. The number of nitrogens with zero attached hydrogens (tertiary/aromatic N) is 1. The molecule has 1 aromatic carbocycles. The zero-order chi connectivity index (χ0) is 14.5. The van der Waals surface area contributed by atoms with Crippen LogP contribution in [0.1, 0.15) is 37.0 Å². The summed E-state index contributed by atoms with van der Waals surface area (Å²) in [5.41, 5.74) is 0.568. The van der Waals surface area contributed by atoms with Crippen LogP contribution >= 0.6 is 0 Å². The number of rotatable bonds is 4. The third-order valence-corrected chi connectivity index (χ3v) is 3.94. The molecule has 2 atom stereocenters. The van der Waals surface area contributed by atoms with E-state index in [0.717, 1.165) is 32.5 Å². The molecular formula is C16H23FN2O. The topological polar surface area (TPSA) is 32.3 Å². The second-order valence-electron chi connectivity index (χ2n) is 5.58. The maximum Gasteiger partial charge on any atom is 0.253 e. The summed E-state index contributed by atoms with van der Waals surface area (Å²) in [5.74, 6) is 0.142. The number of carbonyl (C=O) groups excluding carboxylic acids is 1. The summed E-state index contributed by atoms with van der Waals surface area (Å²) < 4.78 is 12.9.